The largest absolute Gasteiger partial charge is 0.508 e. The van der Waals surface area contributed by atoms with Crippen molar-refractivity contribution in [1.82, 2.24) is 0 Å². The summed E-state index contributed by atoms with van der Waals surface area (Å²) in [5.74, 6) is 1.31. The molecule has 0 amide bonds. The maximum Gasteiger partial charge on any atom is 0.118 e. The third kappa shape index (κ3) is 3.69. The summed E-state index contributed by atoms with van der Waals surface area (Å²) in [7, 11) is 1.66. The second-order valence-corrected chi connectivity index (χ2v) is 6.62. The van der Waals surface area contributed by atoms with Crippen LogP contribution >= 0.6 is 0 Å². The Bertz CT molecular complexity index is 1020. The predicted octanol–water partition coefficient (Wildman–Crippen LogP) is 6.11. The number of rotatable bonds is 4. The highest BCUT2D eigenvalue weighted by molar-refractivity contribution is 5.81. The number of methoxy groups -OCH3 is 1. The van der Waals surface area contributed by atoms with Gasteiger partial charge in [0.05, 0.1) is 7.11 Å². The van der Waals surface area contributed by atoms with E-state index in [9.17, 15) is 10.2 Å². The summed E-state index contributed by atoms with van der Waals surface area (Å²) in [6.07, 6.45) is 0. The quantitative estimate of drug-likeness (QED) is 0.457. The van der Waals surface area contributed by atoms with Crippen molar-refractivity contribution in [3.63, 3.8) is 0 Å². The van der Waals surface area contributed by atoms with Crippen LogP contribution < -0.4 is 4.74 Å². The standard InChI is InChI=1S/C25H20O3/c1-28-25-12-6-19(7-13-25)22-15-20(17-2-8-23(26)9-3-17)14-21(16-22)18-4-10-24(27)11-5-18/h2-16,26-27H,1H3. The highest BCUT2D eigenvalue weighted by atomic mass is 16.5. The van der Waals surface area contributed by atoms with Crippen LogP contribution in [0.4, 0.5) is 0 Å². The van der Waals surface area contributed by atoms with E-state index in [1.165, 1.54) is 0 Å². The van der Waals surface area contributed by atoms with E-state index in [1.54, 1.807) is 31.4 Å². The Hall–Kier alpha value is -3.72. The molecule has 4 aromatic carbocycles. The van der Waals surface area contributed by atoms with Gasteiger partial charge in [0.15, 0.2) is 0 Å². The minimum Gasteiger partial charge on any atom is -0.508 e. The molecule has 138 valence electrons. The Labute approximate surface area is 164 Å². The van der Waals surface area contributed by atoms with Crippen LogP contribution in [0, 0.1) is 0 Å². The second-order valence-electron chi connectivity index (χ2n) is 6.62. The van der Waals surface area contributed by atoms with Crippen molar-refractivity contribution >= 4 is 0 Å². The molecule has 3 nitrogen and oxygen atoms in total. The lowest BCUT2D eigenvalue weighted by molar-refractivity contribution is 0.415. The normalized spacial score (nSPS) is 10.6. The minimum atomic E-state index is 0.244. The number of phenolic OH excluding ortho intramolecular Hbond substituents is 2. The Morgan fingerprint density at radius 3 is 1.11 bits per heavy atom. The Kier molecular flexibility index (Phi) is 4.73. The van der Waals surface area contributed by atoms with Gasteiger partial charge in [-0.05, 0) is 88.0 Å². The molecule has 2 N–H and O–H groups in total. The molecule has 28 heavy (non-hydrogen) atoms. The lowest BCUT2D eigenvalue weighted by Crippen LogP contribution is -1.87. The van der Waals surface area contributed by atoms with Gasteiger partial charge in [-0.2, -0.15) is 0 Å². The van der Waals surface area contributed by atoms with Crippen LogP contribution in [0.15, 0.2) is 91.0 Å². The van der Waals surface area contributed by atoms with Gasteiger partial charge in [-0.15, -0.1) is 0 Å². The van der Waals surface area contributed by atoms with E-state index in [2.05, 4.69) is 18.2 Å². The summed E-state index contributed by atoms with van der Waals surface area (Å²) in [6.45, 7) is 0. The first-order valence-electron chi connectivity index (χ1n) is 9.01. The van der Waals surface area contributed by atoms with Crippen molar-refractivity contribution in [2.45, 2.75) is 0 Å². The lowest BCUT2D eigenvalue weighted by Gasteiger charge is -2.12. The van der Waals surface area contributed by atoms with Crippen LogP contribution in [0.3, 0.4) is 0 Å². The van der Waals surface area contributed by atoms with Crippen LogP contribution in [0.1, 0.15) is 0 Å². The van der Waals surface area contributed by atoms with Crippen molar-refractivity contribution in [3.05, 3.63) is 91.0 Å². The van der Waals surface area contributed by atoms with Gasteiger partial charge in [-0.1, -0.05) is 36.4 Å². The molecule has 0 heterocycles. The fourth-order valence-corrected chi connectivity index (χ4v) is 3.22. The first-order valence-corrected chi connectivity index (χ1v) is 9.01. The molecule has 0 fully saturated rings. The summed E-state index contributed by atoms with van der Waals surface area (Å²) in [5.41, 5.74) is 6.31. The molecule has 0 aliphatic rings. The van der Waals surface area contributed by atoms with E-state index in [1.807, 2.05) is 48.5 Å². The van der Waals surface area contributed by atoms with Crippen LogP contribution in [-0.4, -0.2) is 17.3 Å². The van der Waals surface area contributed by atoms with Crippen LogP contribution in [-0.2, 0) is 0 Å². The number of aromatic hydroxyl groups is 2. The molecule has 0 bridgehead atoms. The van der Waals surface area contributed by atoms with Crippen molar-refractivity contribution in [1.29, 1.82) is 0 Å². The lowest BCUT2D eigenvalue weighted by atomic mass is 9.93. The average molecular weight is 368 g/mol. The zero-order chi connectivity index (χ0) is 19.5. The first-order chi connectivity index (χ1) is 13.6. The number of hydrogen-bond acceptors (Lipinski definition) is 3. The molecule has 0 radical (unpaired) electrons. The predicted molar refractivity (Wildman–Crippen MR) is 113 cm³/mol. The summed E-state index contributed by atoms with van der Waals surface area (Å²) in [4.78, 5) is 0. The van der Waals surface area contributed by atoms with E-state index in [-0.39, 0.29) is 11.5 Å². The maximum absolute atomic E-state index is 9.61. The van der Waals surface area contributed by atoms with Crippen molar-refractivity contribution < 1.29 is 14.9 Å². The molecular weight excluding hydrogens is 348 g/mol. The van der Waals surface area contributed by atoms with E-state index in [0.717, 1.165) is 39.1 Å². The van der Waals surface area contributed by atoms with Crippen LogP contribution in [0.2, 0.25) is 0 Å². The van der Waals surface area contributed by atoms with Gasteiger partial charge >= 0.3 is 0 Å². The highest BCUT2D eigenvalue weighted by Gasteiger charge is 2.08. The van der Waals surface area contributed by atoms with E-state index in [0.29, 0.717) is 0 Å². The molecule has 0 aliphatic carbocycles. The van der Waals surface area contributed by atoms with Gasteiger partial charge in [0.25, 0.3) is 0 Å². The average Bonchev–Trinajstić information content (AvgIpc) is 2.74. The van der Waals surface area contributed by atoms with Gasteiger partial charge in [-0.3, -0.25) is 0 Å². The van der Waals surface area contributed by atoms with Gasteiger partial charge < -0.3 is 14.9 Å². The number of phenols is 2. The molecule has 0 unspecified atom stereocenters. The van der Waals surface area contributed by atoms with E-state index in [4.69, 9.17) is 4.74 Å². The fourth-order valence-electron chi connectivity index (χ4n) is 3.22. The molecule has 3 heteroatoms. The zero-order valence-electron chi connectivity index (χ0n) is 15.5. The van der Waals surface area contributed by atoms with Gasteiger partial charge in [0.1, 0.15) is 17.2 Å². The number of ether oxygens (including phenoxy) is 1. The summed E-state index contributed by atoms with van der Waals surface area (Å²) >= 11 is 0. The highest BCUT2D eigenvalue weighted by Crippen LogP contribution is 2.34. The SMILES string of the molecule is COc1ccc(-c2cc(-c3ccc(O)cc3)cc(-c3ccc(O)cc3)c2)cc1. The number of benzene rings is 4. The third-order valence-corrected chi connectivity index (χ3v) is 4.76. The van der Waals surface area contributed by atoms with E-state index >= 15 is 0 Å². The Morgan fingerprint density at radius 2 is 0.786 bits per heavy atom. The van der Waals surface area contributed by atoms with Gasteiger partial charge in [0.2, 0.25) is 0 Å². The van der Waals surface area contributed by atoms with Crippen LogP contribution in [0.5, 0.6) is 17.2 Å². The first kappa shape index (κ1) is 17.7. The molecule has 0 spiro atoms. The summed E-state index contributed by atoms with van der Waals surface area (Å²) in [6, 6.07) is 28.7. The topological polar surface area (TPSA) is 49.7 Å². The van der Waals surface area contributed by atoms with Crippen molar-refractivity contribution in [2.24, 2.45) is 0 Å². The monoisotopic (exact) mass is 368 g/mol. The van der Waals surface area contributed by atoms with Gasteiger partial charge in [0, 0.05) is 0 Å². The molecule has 0 saturated heterocycles. The molecular formula is C25H20O3. The van der Waals surface area contributed by atoms with E-state index < -0.39 is 0 Å². The fraction of sp³-hybridized carbons (Fsp3) is 0.0400. The minimum absolute atomic E-state index is 0.244. The van der Waals surface area contributed by atoms with Crippen molar-refractivity contribution in [3.8, 4) is 50.6 Å². The van der Waals surface area contributed by atoms with Gasteiger partial charge in [-0.25, -0.2) is 0 Å². The molecule has 0 aliphatic heterocycles. The Morgan fingerprint density at radius 1 is 0.464 bits per heavy atom. The van der Waals surface area contributed by atoms with Crippen molar-refractivity contribution in [2.75, 3.05) is 7.11 Å². The number of hydrogen-bond donors (Lipinski definition) is 2. The summed E-state index contributed by atoms with van der Waals surface area (Å²) in [5, 5.41) is 19.2. The third-order valence-electron chi connectivity index (χ3n) is 4.76. The Balaban J connectivity index is 1.86. The molecule has 0 saturated carbocycles. The molecule has 4 aromatic rings. The smallest absolute Gasteiger partial charge is 0.118 e. The molecule has 4 rings (SSSR count). The second kappa shape index (κ2) is 7.49. The summed E-state index contributed by atoms with van der Waals surface area (Å²) < 4.78 is 5.27. The molecule has 0 aromatic heterocycles. The van der Waals surface area contributed by atoms with Crippen LogP contribution in [0.25, 0.3) is 33.4 Å². The zero-order valence-corrected chi connectivity index (χ0v) is 15.5. The maximum atomic E-state index is 9.61. The molecule has 0 atom stereocenters.